The molecule has 10 nitrogen and oxygen atoms in total. The van der Waals surface area contributed by atoms with Crippen molar-refractivity contribution in [1.82, 2.24) is 0 Å². The smallest absolute Gasteiger partial charge is 0.294 e. The number of allylic oxidation sites excluding steroid dienone is 4. The zero-order valence-electron chi connectivity index (χ0n) is 36.6. The van der Waals surface area contributed by atoms with Crippen LogP contribution >= 0.6 is 46.6 Å². The van der Waals surface area contributed by atoms with Crippen molar-refractivity contribution in [1.29, 1.82) is 0 Å². The fourth-order valence-electron chi connectivity index (χ4n) is 7.15. The van der Waals surface area contributed by atoms with Crippen molar-refractivity contribution >= 4 is 88.8 Å². The Kier molecular flexibility index (Phi) is 16.6. The fraction of sp³-hybridized carbons (Fsp3) is 0.326. The summed E-state index contributed by atoms with van der Waals surface area (Å²) >= 11 is 7.22. The molecule has 0 spiro atoms. The highest BCUT2D eigenvalue weighted by molar-refractivity contribution is 8.03. The van der Waals surface area contributed by atoms with Gasteiger partial charge in [-0.15, -0.1) is 23.5 Å². The van der Waals surface area contributed by atoms with Gasteiger partial charge in [-0.2, -0.15) is 13.0 Å². The first kappa shape index (κ1) is 49.3. The first-order valence-corrected chi connectivity index (χ1v) is 26.7. The minimum Gasteiger partial charge on any atom is -0.744 e. The standard InChI is InChI=1S/C32H39N2O2S4.2C7H8O3S/c1-9-33-22-14-24(35-5)28(37-7)16-26(22)39-30(33)12-20-11-21(19-32(3,4)18-20)13-31-34(10-2)23-15-25(36-6)29(38-8)17-27(23)40-31;2*1-6-2-4-7(5-3-6)11(8,9)10/h11-17H,9-10,18-19H2,1-8H3;2*2-5H,1H3,(H,8,9,10)/q+1;;/p-1. The third kappa shape index (κ3) is 12.3. The quantitative estimate of drug-likeness (QED) is 0.0810. The largest absolute Gasteiger partial charge is 0.744 e. The molecule has 0 unspecified atom stereocenters. The molecule has 7 rings (SSSR count). The van der Waals surface area contributed by atoms with Crippen LogP contribution in [0.25, 0.3) is 16.3 Å². The van der Waals surface area contributed by atoms with Gasteiger partial charge in [0.05, 0.1) is 50.6 Å². The summed E-state index contributed by atoms with van der Waals surface area (Å²) in [6.45, 7) is 14.8. The van der Waals surface area contributed by atoms with Gasteiger partial charge < -0.3 is 18.9 Å². The zero-order valence-corrected chi connectivity index (χ0v) is 41.5. The molecule has 0 fully saturated rings. The second kappa shape index (κ2) is 20.8. The Morgan fingerprint density at radius 1 is 0.839 bits per heavy atom. The van der Waals surface area contributed by atoms with Crippen LogP contribution in [0.15, 0.2) is 126 Å². The Morgan fingerprint density at radius 3 is 1.92 bits per heavy atom. The minimum absolute atomic E-state index is 0.0666. The number of benzene rings is 4. The average molecular weight is 955 g/mol. The van der Waals surface area contributed by atoms with Gasteiger partial charge in [0.15, 0.2) is 0 Å². The van der Waals surface area contributed by atoms with Crippen molar-refractivity contribution in [3.8, 4) is 11.5 Å². The molecule has 1 aliphatic heterocycles. The van der Waals surface area contributed by atoms with Gasteiger partial charge in [-0.05, 0) is 112 Å². The summed E-state index contributed by atoms with van der Waals surface area (Å²) in [5, 5.41) is 2.59. The summed E-state index contributed by atoms with van der Waals surface area (Å²) in [6.07, 6.45) is 13.6. The number of rotatable bonds is 10. The van der Waals surface area contributed by atoms with E-state index in [9.17, 15) is 21.4 Å². The van der Waals surface area contributed by atoms with Crippen molar-refractivity contribution < 1.29 is 40.0 Å². The van der Waals surface area contributed by atoms with E-state index < -0.39 is 20.2 Å². The lowest BCUT2D eigenvalue weighted by molar-refractivity contribution is -0.665. The van der Waals surface area contributed by atoms with Gasteiger partial charge in [0.25, 0.3) is 15.1 Å². The van der Waals surface area contributed by atoms with E-state index >= 15 is 0 Å². The molecule has 332 valence electrons. The van der Waals surface area contributed by atoms with Crippen molar-refractivity contribution in [2.75, 3.05) is 38.2 Å². The molecule has 0 saturated heterocycles. The number of fused-ring (bicyclic) bond motifs is 2. The SMILES string of the molecule is CCN1/C(=C/C2=CC(=C\c3sc4cc(SC)c(OC)cc4[n+]3CC)/CC(C)(C)C2)Sc2cc(SC)c(OC)cc21.Cc1ccc(S(=O)(=O)O)cc1.Cc1ccc(S(=O)(=O)[O-])cc1. The lowest BCUT2D eigenvalue weighted by Crippen LogP contribution is -2.33. The number of thioether (sulfide) groups is 3. The van der Waals surface area contributed by atoms with Crippen LogP contribution in [0, 0.1) is 19.3 Å². The average Bonchev–Trinajstić information content (AvgIpc) is 3.73. The second-order valence-electron chi connectivity index (χ2n) is 15.4. The van der Waals surface area contributed by atoms with Gasteiger partial charge in [0.1, 0.15) is 32.9 Å². The zero-order chi connectivity index (χ0) is 45.6. The lowest BCUT2D eigenvalue weighted by atomic mass is 9.75. The van der Waals surface area contributed by atoms with Gasteiger partial charge in [-0.3, -0.25) is 4.55 Å². The summed E-state index contributed by atoms with van der Waals surface area (Å²) in [7, 11) is -4.77. The number of nitrogens with zero attached hydrogens (tertiary/aromatic N) is 2. The van der Waals surface area contributed by atoms with Crippen LogP contribution in [0.4, 0.5) is 5.69 Å². The maximum absolute atomic E-state index is 10.5. The van der Waals surface area contributed by atoms with Gasteiger partial charge in [-0.1, -0.05) is 78.4 Å². The summed E-state index contributed by atoms with van der Waals surface area (Å²) in [5.41, 5.74) is 7.35. The Morgan fingerprint density at radius 2 is 1.40 bits per heavy atom. The molecular formula is C46H54N2O8S6. The van der Waals surface area contributed by atoms with Crippen molar-refractivity contribution in [2.24, 2.45) is 5.41 Å². The van der Waals surface area contributed by atoms with E-state index in [1.807, 2.05) is 36.9 Å². The molecule has 62 heavy (non-hydrogen) atoms. The lowest BCUT2D eigenvalue weighted by Gasteiger charge is -2.31. The van der Waals surface area contributed by atoms with Gasteiger partial charge in [-0.25, -0.2) is 8.42 Å². The molecule has 1 aromatic heterocycles. The molecule has 0 atom stereocenters. The monoisotopic (exact) mass is 954 g/mol. The predicted octanol–water partition coefficient (Wildman–Crippen LogP) is 11.4. The van der Waals surface area contributed by atoms with Crippen molar-refractivity contribution in [3.63, 3.8) is 0 Å². The summed E-state index contributed by atoms with van der Waals surface area (Å²) < 4.78 is 75.8. The van der Waals surface area contributed by atoms with Crippen molar-refractivity contribution in [3.05, 3.63) is 117 Å². The maximum Gasteiger partial charge on any atom is 0.294 e. The predicted molar refractivity (Wildman–Crippen MR) is 257 cm³/mol. The van der Waals surface area contributed by atoms with E-state index in [1.165, 1.54) is 76.0 Å². The third-order valence-corrected chi connectivity index (χ3v) is 15.5. The van der Waals surface area contributed by atoms with E-state index in [0.717, 1.165) is 48.6 Å². The first-order chi connectivity index (χ1) is 29.2. The second-order valence-corrected chi connectivity index (χ2v) is 22.0. The summed E-state index contributed by atoms with van der Waals surface area (Å²) in [6, 6.07) is 20.7. The van der Waals surface area contributed by atoms with E-state index in [0.29, 0.717) is 0 Å². The number of thiazole rings is 1. The topological polar surface area (TPSA) is 137 Å². The Bertz CT molecular complexity index is 2650. The summed E-state index contributed by atoms with van der Waals surface area (Å²) in [4.78, 5) is 5.85. The number of aryl methyl sites for hydroxylation is 3. The maximum atomic E-state index is 10.5. The number of hydrogen-bond acceptors (Lipinski definition) is 12. The number of aromatic nitrogens is 1. The van der Waals surface area contributed by atoms with E-state index in [4.69, 9.17) is 14.0 Å². The summed E-state index contributed by atoms with van der Waals surface area (Å²) in [5.74, 6) is 1.90. The fourth-order valence-corrected chi connectivity index (χ4v) is 11.9. The van der Waals surface area contributed by atoms with Gasteiger partial charge >= 0.3 is 0 Å². The van der Waals surface area contributed by atoms with Crippen LogP contribution in [0.3, 0.4) is 0 Å². The Balaban J connectivity index is 0.000000267. The molecule has 16 heteroatoms. The van der Waals surface area contributed by atoms with E-state index in [1.54, 1.807) is 62.0 Å². The number of methoxy groups -OCH3 is 2. The molecule has 0 bridgehead atoms. The molecule has 4 aromatic carbocycles. The molecule has 1 aliphatic carbocycles. The van der Waals surface area contributed by atoms with Crippen LogP contribution in [0.1, 0.15) is 56.7 Å². The minimum atomic E-state index is -4.27. The molecule has 0 saturated carbocycles. The van der Waals surface area contributed by atoms with E-state index in [-0.39, 0.29) is 15.2 Å². The number of ether oxygens (including phenoxy) is 2. The number of anilines is 1. The molecule has 2 aliphatic rings. The highest BCUT2D eigenvalue weighted by Gasteiger charge is 2.30. The Hall–Kier alpha value is -3.74. The molecular weight excluding hydrogens is 901 g/mol. The molecule has 1 N–H and O–H groups in total. The third-order valence-electron chi connectivity index (χ3n) is 10.1. The van der Waals surface area contributed by atoms with Crippen LogP contribution in [0.5, 0.6) is 11.5 Å². The van der Waals surface area contributed by atoms with Crippen molar-refractivity contribution in [2.45, 2.75) is 85.4 Å². The van der Waals surface area contributed by atoms with E-state index in [2.05, 4.69) is 92.2 Å². The normalized spacial score (nSPS) is 16.0. The highest BCUT2D eigenvalue weighted by atomic mass is 32.2. The Labute approximate surface area is 384 Å². The van der Waals surface area contributed by atoms with Crippen LogP contribution in [-0.2, 0) is 26.8 Å². The van der Waals surface area contributed by atoms with Crippen LogP contribution in [-0.4, -0.2) is 59.2 Å². The van der Waals surface area contributed by atoms with Gasteiger partial charge in [0.2, 0.25) is 5.52 Å². The highest BCUT2D eigenvalue weighted by Crippen LogP contribution is 2.51. The molecule has 0 amide bonds. The van der Waals surface area contributed by atoms with Gasteiger partial charge in [0, 0.05) is 23.6 Å². The van der Waals surface area contributed by atoms with Crippen LogP contribution < -0.4 is 18.9 Å². The molecule has 2 heterocycles. The van der Waals surface area contributed by atoms with Crippen LogP contribution in [0.2, 0.25) is 0 Å². The number of hydrogen-bond donors (Lipinski definition) is 1. The first-order valence-electron chi connectivity index (χ1n) is 19.7. The molecule has 5 aromatic rings. The molecule has 0 radical (unpaired) electrons.